The molecule has 0 saturated heterocycles. The van der Waals surface area contributed by atoms with Crippen LogP contribution in [0.1, 0.15) is 11.1 Å². The lowest BCUT2D eigenvalue weighted by Crippen LogP contribution is -2.29. The van der Waals surface area contributed by atoms with E-state index in [1.54, 1.807) is 37.6 Å². The van der Waals surface area contributed by atoms with E-state index < -0.39 is 10.0 Å². The van der Waals surface area contributed by atoms with Crippen LogP contribution in [-0.2, 0) is 23.1 Å². The van der Waals surface area contributed by atoms with Gasteiger partial charge in [-0.1, -0.05) is 18.2 Å². The van der Waals surface area contributed by atoms with Crippen LogP contribution in [0.5, 0.6) is 0 Å². The number of rotatable bonds is 6. The van der Waals surface area contributed by atoms with Gasteiger partial charge in [-0.3, -0.25) is 4.98 Å². The zero-order valence-corrected chi connectivity index (χ0v) is 12.6. The predicted octanol–water partition coefficient (Wildman–Crippen LogP) is 1.44. The van der Waals surface area contributed by atoms with Crippen LogP contribution in [0, 0.1) is 0 Å². The molecule has 112 valence electrons. The minimum absolute atomic E-state index is 0.157. The lowest BCUT2D eigenvalue weighted by Gasteiger charge is -2.18. The van der Waals surface area contributed by atoms with Gasteiger partial charge in [-0.05, 0) is 35.7 Å². The Balaban J connectivity index is 2.15. The SMILES string of the molecule is CN(CCc1ccncc1)S(=O)(=O)c1ccccc1CO. The first-order valence-electron chi connectivity index (χ1n) is 6.59. The van der Waals surface area contributed by atoms with Gasteiger partial charge in [0.2, 0.25) is 10.0 Å². The zero-order chi connectivity index (χ0) is 15.3. The van der Waals surface area contributed by atoms with Crippen molar-refractivity contribution >= 4 is 10.0 Å². The minimum Gasteiger partial charge on any atom is -0.392 e. The summed E-state index contributed by atoms with van der Waals surface area (Å²) >= 11 is 0. The number of sulfonamides is 1. The summed E-state index contributed by atoms with van der Waals surface area (Å²) in [5.74, 6) is 0. The van der Waals surface area contributed by atoms with E-state index in [1.807, 2.05) is 12.1 Å². The molecule has 0 bridgehead atoms. The van der Waals surface area contributed by atoms with E-state index in [1.165, 1.54) is 10.4 Å². The van der Waals surface area contributed by atoms with Crippen LogP contribution in [0.3, 0.4) is 0 Å². The van der Waals surface area contributed by atoms with Crippen LogP contribution >= 0.6 is 0 Å². The second kappa shape index (κ2) is 6.80. The Morgan fingerprint density at radius 3 is 2.48 bits per heavy atom. The van der Waals surface area contributed by atoms with Gasteiger partial charge < -0.3 is 5.11 Å². The number of hydrogen-bond acceptors (Lipinski definition) is 4. The van der Waals surface area contributed by atoms with Crippen molar-refractivity contribution in [3.63, 3.8) is 0 Å². The highest BCUT2D eigenvalue weighted by atomic mass is 32.2. The Labute approximate surface area is 124 Å². The Kier molecular flexibility index (Phi) is 5.06. The molecule has 0 aliphatic carbocycles. The van der Waals surface area contributed by atoms with Crippen LogP contribution in [0.4, 0.5) is 0 Å². The molecule has 6 heteroatoms. The Morgan fingerprint density at radius 2 is 1.81 bits per heavy atom. The molecule has 0 amide bonds. The van der Waals surface area contributed by atoms with Gasteiger partial charge >= 0.3 is 0 Å². The number of aliphatic hydroxyl groups excluding tert-OH is 1. The Hall–Kier alpha value is -1.76. The van der Waals surface area contributed by atoms with Crippen molar-refractivity contribution in [3.8, 4) is 0 Å². The van der Waals surface area contributed by atoms with Crippen molar-refractivity contribution in [3.05, 3.63) is 59.9 Å². The lowest BCUT2D eigenvalue weighted by atomic mass is 10.2. The summed E-state index contributed by atoms with van der Waals surface area (Å²) in [7, 11) is -2.05. The molecule has 1 aromatic heterocycles. The second-order valence-electron chi connectivity index (χ2n) is 4.70. The summed E-state index contributed by atoms with van der Waals surface area (Å²) in [6.45, 7) is 0.0692. The van der Waals surface area contributed by atoms with Crippen molar-refractivity contribution < 1.29 is 13.5 Å². The summed E-state index contributed by atoms with van der Waals surface area (Å²) < 4.78 is 26.4. The van der Waals surface area contributed by atoms with Gasteiger partial charge in [-0.25, -0.2) is 12.7 Å². The summed E-state index contributed by atoms with van der Waals surface area (Å²) in [5, 5.41) is 9.28. The van der Waals surface area contributed by atoms with Gasteiger partial charge in [0.25, 0.3) is 0 Å². The molecule has 5 nitrogen and oxygen atoms in total. The second-order valence-corrected chi connectivity index (χ2v) is 6.71. The average Bonchev–Trinajstić information content (AvgIpc) is 2.53. The number of pyridine rings is 1. The van der Waals surface area contributed by atoms with E-state index in [2.05, 4.69) is 4.98 Å². The van der Waals surface area contributed by atoms with E-state index in [0.717, 1.165) is 5.56 Å². The zero-order valence-electron chi connectivity index (χ0n) is 11.8. The number of aromatic nitrogens is 1. The molecule has 1 aromatic carbocycles. The molecule has 21 heavy (non-hydrogen) atoms. The molecule has 0 atom stereocenters. The number of nitrogens with zero attached hydrogens (tertiary/aromatic N) is 2. The van der Waals surface area contributed by atoms with Crippen LogP contribution in [-0.4, -0.2) is 36.4 Å². The standard InChI is InChI=1S/C15H18N2O3S/c1-17(11-8-13-6-9-16-10-7-13)21(19,20)15-5-3-2-4-14(15)12-18/h2-7,9-10,18H,8,11-12H2,1H3. The third-order valence-corrected chi connectivity index (χ3v) is 5.25. The fourth-order valence-corrected chi connectivity index (χ4v) is 3.39. The molecule has 0 unspecified atom stereocenters. The van der Waals surface area contributed by atoms with Crippen molar-refractivity contribution in [2.24, 2.45) is 0 Å². The fraction of sp³-hybridized carbons (Fsp3) is 0.267. The maximum atomic E-state index is 12.5. The minimum atomic E-state index is -3.59. The highest BCUT2D eigenvalue weighted by Gasteiger charge is 2.22. The van der Waals surface area contributed by atoms with Gasteiger partial charge in [-0.2, -0.15) is 0 Å². The van der Waals surface area contributed by atoms with Crippen molar-refractivity contribution in [2.75, 3.05) is 13.6 Å². The molecule has 1 heterocycles. The van der Waals surface area contributed by atoms with Gasteiger partial charge in [0.15, 0.2) is 0 Å². The van der Waals surface area contributed by atoms with Crippen LogP contribution in [0.15, 0.2) is 53.7 Å². The van der Waals surface area contributed by atoms with E-state index in [-0.39, 0.29) is 11.5 Å². The van der Waals surface area contributed by atoms with Crippen molar-refractivity contribution in [1.82, 2.24) is 9.29 Å². The third-order valence-electron chi connectivity index (χ3n) is 3.30. The Bertz CT molecular complexity index is 687. The fourth-order valence-electron chi connectivity index (χ4n) is 2.01. The van der Waals surface area contributed by atoms with E-state index >= 15 is 0 Å². The molecular formula is C15H18N2O3S. The summed E-state index contributed by atoms with van der Waals surface area (Å²) in [6, 6.07) is 10.2. The normalized spacial score (nSPS) is 11.8. The topological polar surface area (TPSA) is 70.5 Å². The molecule has 0 saturated carbocycles. The molecule has 0 fully saturated rings. The number of benzene rings is 1. The van der Waals surface area contributed by atoms with E-state index in [4.69, 9.17) is 0 Å². The smallest absolute Gasteiger partial charge is 0.243 e. The summed E-state index contributed by atoms with van der Waals surface area (Å²) in [4.78, 5) is 4.09. The first-order chi connectivity index (χ1) is 10.1. The maximum absolute atomic E-state index is 12.5. The largest absolute Gasteiger partial charge is 0.392 e. The first-order valence-corrected chi connectivity index (χ1v) is 8.03. The highest BCUT2D eigenvalue weighted by Crippen LogP contribution is 2.19. The van der Waals surface area contributed by atoms with Gasteiger partial charge in [0.1, 0.15) is 0 Å². The summed E-state index contributed by atoms with van der Waals surface area (Å²) in [5.41, 5.74) is 1.44. The van der Waals surface area contributed by atoms with Crippen LogP contribution in [0.2, 0.25) is 0 Å². The van der Waals surface area contributed by atoms with Crippen molar-refractivity contribution in [1.29, 1.82) is 0 Å². The average molecular weight is 306 g/mol. The van der Waals surface area contributed by atoms with E-state index in [9.17, 15) is 13.5 Å². The van der Waals surface area contributed by atoms with Crippen LogP contribution < -0.4 is 0 Å². The molecule has 0 aliphatic rings. The molecule has 1 N–H and O–H groups in total. The van der Waals surface area contributed by atoms with E-state index in [0.29, 0.717) is 18.5 Å². The molecular weight excluding hydrogens is 288 g/mol. The molecule has 0 radical (unpaired) electrons. The molecule has 2 aromatic rings. The highest BCUT2D eigenvalue weighted by molar-refractivity contribution is 7.89. The van der Waals surface area contributed by atoms with Gasteiger partial charge in [0, 0.05) is 26.0 Å². The maximum Gasteiger partial charge on any atom is 0.243 e. The monoisotopic (exact) mass is 306 g/mol. The molecule has 2 rings (SSSR count). The predicted molar refractivity (Wildman–Crippen MR) is 80.1 cm³/mol. The van der Waals surface area contributed by atoms with Gasteiger partial charge in [0.05, 0.1) is 11.5 Å². The first kappa shape index (κ1) is 15.6. The van der Waals surface area contributed by atoms with Gasteiger partial charge in [-0.15, -0.1) is 0 Å². The third kappa shape index (κ3) is 3.66. The number of aliphatic hydroxyl groups is 1. The number of likely N-dealkylation sites (N-methyl/N-ethyl adjacent to an activating group) is 1. The molecule has 0 spiro atoms. The molecule has 0 aliphatic heterocycles. The number of hydrogen-bond donors (Lipinski definition) is 1. The quantitative estimate of drug-likeness (QED) is 0.876. The van der Waals surface area contributed by atoms with Crippen LogP contribution in [0.25, 0.3) is 0 Å². The van der Waals surface area contributed by atoms with Crippen molar-refractivity contribution in [2.45, 2.75) is 17.9 Å². The Morgan fingerprint density at radius 1 is 1.14 bits per heavy atom. The lowest BCUT2D eigenvalue weighted by molar-refractivity contribution is 0.278. The summed E-state index contributed by atoms with van der Waals surface area (Å²) in [6.07, 6.45) is 3.98.